The van der Waals surface area contributed by atoms with Gasteiger partial charge in [0.25, 0.3) is 9.70 Å². The number of alkyl halides is 3. The molecule has 1 N–H and O–H groups in total. The summed E-state index contributed by atoms with van der Waals surface area (Å²) in [4.78, 5) is 47.9. The number of nitrogens with one attached hydrogen (secondary N) is 1. The molecule has 5 atom stereocenters. The monoisotopic (exact) mass is 563 g/mol. The zero-order chi connectivity index (χ0) is 26.6. The number of carbonyl (C=O) groups is 4. The van der Waals surface area contributed by atoms with Gasteiger partial charge in [0.2, 0.25) is 0 Å². The molecule has 1 fully saturated rings. The SMILES string of the molecule is CC(=O)OC[C@H]1O[C@@H](O[Si](C)(C)C(C)(C)C)[C@H](NC(=O)C(Cl)(Cl)Cl)[C@@H](OC(C)=O)[C@@H]1OC(C)=O. The van der Waals surface area contributed by atoms with Gasteiger partial charge in [0.1, 0.15) is 18.8 Å². The predicted molar refractivity (Wildman–Crippen MR) is 127 cm³/mol. The number of hydrogen-bond donors (Lipinski definition) is 1. The van der Waals surface area contributed by atoms with E-state index in [0.29, 0.717) is 0 Å². The quantitative estimate of drug-likeness (QED) is 0.215. The van der Waals surface area contributed by atoms with E-state index in [-0.39, 0.29) is 11.6 Å². The van der Waals surface area contributed by atoms with Crippen LogP contribution in [0.4, 0.5) is 0 Å². The van der Waals surface area contributed by atoms with Crippen molar-refractivity contribution in [1.29, 1.82) is 0 Å². The molecule has 1 saturated heterocycles. The minimum atomic E-state index is -2.56. The molecule has 10 nitrogen and oxygen atoms in total. The predicted octanol–water partition coefficient (Wildman–Crippen LogP) is 3.01. The first-order valence-electron chi connectivity index (χ1n) is 10.4. The van der Waals surface area contributed by atoms with Crippen LogP contribution in [0, 0.1) is 0 Å². The Morgan fingerprint density at radius 2 is 1.41 bits per heavy atom. The Kier molecular flexibility index (Phi) is 10.7. The highest BCUT2D eigenvalue weighted by atomic mass is 35.6. The number of ether oxygens (including phenoxy) is 4. The molecule has 34 heavy (non-hydrogen) atoms. The van der Waals surface area contributed by atoms with Crippen LogP contribution in [0.2, 0.25) is 18.1 Å². The molecule has 1 amide bonds. The maximum absolute atomic E-state index is 12.6. The smallest absolute Gasteiger partial charge is 0.303 e. The van der Waals surface area contributed by atoms with Crippen molar-refractivity contribution >= 4 is 66.9 Å². The number of halogens is 3. The fourth-order valence-corrected chi connectivity index (χ4v) is 4.16. The molecule has 0 aliphatic carbocycles. The van der Waals surface area contributed by atoms with Crippen LogP contribution >= 0.6 is 34.8 Å². The molecule has 0 saturated carbocycles. The highest BCUT2D eigenvalue weighted by Crippen LogP contribution is 2.40. The van der Waals surface area contributed by atoms with E-state index in [0.717, 1.165) is 13.8 Å². The van der Waals surface area contributed by atoms with Crippen molar-refractivity contribution in [3.05, 3.63) is 0 Å². The summed E-state index contributed by atoms with van der Waals surface area (Å²) in [7, 11) is -2.56. The Labute approximate surface area is 215 Å². The Balaban J connectivity index is 3.57. The zero-order valence-electron chi connectivity index (χ0n) is 20.4. The first kappa shape index (κ1) is 30.9. The van der Waals surface area contributed by atoms with Crippen LogP contribution in [0.15, 0.2) is 0 Å². The molecule has 0 spiro atoms. The fourth-order valence-electron chi connectivity index (χ4n) is 2.86. The van der Waals surface area contributed by atoms with Crippen LogP contribution < -0.4 is 5.32 Å². The first-order valence-corrected chi connectivity index (χ1v) is 14.5. The highest BCUT2D eigenvalue weighted by molar-refractivity contribution is 6.76. The average molecular weight is 565 g/mol. The minimum Gasteiger partial charge on any atom is -0.463 e. The molecule has 0 aromatic rings. The van der Waals surface area contributed by atoms with Gasteiger partial charge in [-0.05, 0) is 18.1 Å². The molecule has 0 aromatic heterocycles. The molecule has 1 rings (SSSR count). The highest BCUT2D eigenvalue weighted by Gasteiger charge is 2.54. The van der Waals surface area contributed by atoms with Crippen LogP contribution in [0.5, 0.6) is 0 Å². The molecule has 0 aromatic carbocycles. The first-order chi connectivity index (χ1) is 15.3. The number of amides is 1. The van der Waals surface area contributed by atoms with Crippen molar-refractivity contribution in [3.63, 3.8) is 0 Å². The van der Waals surface area contributed by atoms with Crippen molar-refractivity contribution in [2.45, 2.75) is 94.1 Å². The third-order valence-corrected chi connectivity index (χ3v) is 10.4. The van der Waals surface area contributed by atoms with E-state index >= 15 is 0 Å². The Hall–Kier alpha value is -1.11. The minimum absolute atomic E-state index is 0.283. The molecule has 0 unspecified atom stereocenters. The van der Waals surface area contributed by atoms with Gasteiger partial charge in [-0.2, -0.15) is 0 Å². The summed E-state index contributed by atoms with van der Waals surface area (Å²) in [6.45, 7) is 13.0. The molecular formula is C20H32Cl3NO9Si. The number of rotatable bonds is 7. The summed E-state index contributed by atoms with van der Waals surface area (Å²) in [5.74, 6) is -3.11. The average Bonchev–Trinajstić information content (AvgIpc) is 2.62. The molecular weight excluding hydrogens is 533 g/mol. The van der Waals surface area contributed by atoms with Crippen molar-refractivity contribution in [2.24, 2.45) is 0 Å². The van der Waals surface area contributed by atoms with E-state index in [9.17, 15) is 19.2 Å². The van der Waals surface area contributed by atoms with Crippen LogP contribution in [-0.4, -0.2) is 73.2 Å². The molecule has 196 valence electrons. The van der Waals surface area contributed by atoms with Gasteiger partial charge in [-0.3, -0.25) is 19.2 Å². The normalized spacial score (nSPS) is 25.8. The second kappa shape index (κ2) is 11.7. The topological polar surface area (TPSA) is 126 Å². The summed E-state index contributed by atoms with van der Waals surface area (Å²) in [5, 5.41) is 2.21. The molecule has 14 heteroatoms. The molecule has 1 aliphatic heterocycles. The molecule has 0 bridgehead atoms. The largest absolute Gasteiger partial charge is 0.463 e. The Bertz CT molecular complexity index is 782. The summed E-state index contributed by atoms with van der Waals surface area (Å²) >= 11 is 17.2. The number of hydrogen-bond acceptors (Lipinski definition) is 9. The number of carbonyl (C=O) groups excluding carboxylic acids is 4. The van der Waals surface area contributed by atoms with Gasteiger partial charge >= 0.3 is 17.9 Å². The van der Waals surface area contributed by atoms with Crippen molar-refractivity contribution in [2.75, 3.05) is 6.61 Å². The number of esters is 3. The lowest BCUT2D eigenvalue weighted by molar-refractivity contribution is -0.260. The van der Waals surface area contributed by atoms with Gasteiger partial charge in [-0.25, -0.2) is 0 Å². The Morgan fingerprint density at radius 1 is 0.912 bits per heavy atom. The van der Waals surface area contributed by atoms with Crippen LogP contribution in [0.3, 0.4) is 0 Å². The maximum Gasteiger partial charge on any atom is 0.303 e. The summed E-state index contributed by atoms with van der Waals surface area (Å²) < 4.78 is 26.0. The molecule has 1 heterocycles. The third-order valence-electron chi connectivity index (χ3n) is 5.47. The van der Waals surface area contributed by atoms with E-state index < -0.39 is 66.6 Å². The van der Waals surface area contributed by atoms with Gasteiger partial charge in [-0.15, -0.1) is 0 Å². The lowest BCUT2D eigenvalue weighted by Crippen LogP contribution is -2.69. The van der Waals surface area contributed by atoms with Gasteiger partial charge in [-0.1, -0.05) is 55.6 Å². The summed E-state index contributed by atoms with van der Waals surface area (Å²) in [5.41, 5.74) is 0. The van der Waals surface area contributed by atoms with Crippen molar-refractivity contribution in [1.82, 2.24) is 5.32 Å². The van der Waals surface area contributed by atoms with E-state index in [1.807, 2.05) is 33.9 Å². The fraction of sp³-hybridized carbons (Fsp3) is 0.800. The van der Waals surface area contributed by atoms with Crippen LogP contribution in [0.25, 0.3) is 0 Å². The lowest BCUT2D eigenvalue weighted by Gasteiger charge is -2.48. The second-order valence-electron chi connectivity index (χ2n) is 9.37. The van der Waals surface area contributed by atoms with Gasteiger partial charge in [0, 0.05) is 20.8 Å². The molecule has 1 aliphatic rings. The lowest BCUT2D eigenvalue weighted by atomic mass is 9.96. The summed E-state index contributed by atoms with van der Waals surface area (Å²) in [6.07, 6.45) is -4.91. The van der Waals surface area contributed by atoms with Crippen LogP contribution in [0.1, 0.15) is 41.5 Å². The van der Waals surface area contributed by atoms with E-state index in [2.05, 4.69) is 5.32 Å². The van der Waals surface area contributed by atoms with Gasteiger partial charge < -0.3 is 28.7 Å². The van der Waals surface area contributed by atoms with Crippen LogP contribution in [-0.2, 0) is 42.6 Å². The van der Waals surface area contributed by atoms with Crippen molar-refractivity contribution < 1.29 is 42.6 Å². The standard InChI is InChI=1S/C20H32Cl3NO9Si/c1-10(25)29-9-13-15(30-11(2)26)16(31-12(3)27)14(24-18(28)20(21,22)23)17(32-13)33-34(7,8)19(4,5)6/h13-17H,9H2,1-8H3,(H,24,28)/t13-,14-,15-,16-,17+/m1/s1. The van der Waals surface area contributed by atoms with Gasteiger partial charge in [0.15, 0.2) is 26.8 Å². The van der Waals surface area contributed by atoms with Crippen molar-refractivity contribution in [3.8, 4) is 0 Å². The molecule has 0 radical (unpaired) electrons. The van der Waals surface area contributed by atoms with E-state index in [1.54, 1.807) is 0 Å². The summed E-state index contributed by atoms with van der Waals surface area (Å²) in [6, 6.07) is -1.24. The van der Waals surface area contributed by atoms with Gasteiger partial charge in [0.05, 0.1) is 0 Å². The third kappa shape index (κ3) is 8.83. The Morgan fingerprint density at radius 3 is 1.82 bits per heavy atom. The van der Waals surface area contributed by atoms with E-state index in [1.165, 1.54) is 6.92 Å². The zero-order valence-corrected chi connectivity index (χ0v) is 23.7. The maximum atomic E-state index is 12.6. The van der Waals surface area contributed by atoms with E-state index in [4.69, 9.17) is 58.2 Å². The second-order valence-corrected chi connectivity index (χ2v) is 16.4.